The lowest BCUT2D eigenvalue weighted by atomic mass is 9.98. The first kappa shape index (κ1) is 19.0. The Hall–Kier alpha value is -1.78. The van der Waals surface area contributed by atoms with Crippen LogP contribution in [-0.2, 0) is 21.9 Å². The average Bonchev–Trinajstić information content (AvgIpc) is 2.70. The van der Waals surface area contributed by atoms with E-state index in [1.807, 2.05) is 41.3 Å². The van der Waals surface area contributed by atoms with Crippen molar-refractivity contribution in [3.05, 3.63) is 71.8 Å². The predicted octanol–water partition coefficient (Wildman–Crippen LogP) is 4.38. The van der Waals surface area contributed by atoms with Crippen LogP contribution < -0.4 is 0 Å². The number of carbonyl (C=O) groups excluding carboxylic acids is 1. The van der Waals surface area contributed by atoms with Gasteiger partial charge in [-0.25, -0.2) is 0 Å². The zero-order chi connectivity index (χ0) is 18.0. The Kier molecular flexibility index (Phi) is 7.59. The van der Waals surface area contributed by atoms with Crippen molar-refractivity contribution in [2.24, 2.45) is 5.92 Å². The van der Waals surface area contributed by atoms with Crippen molar-refractivity contribution in [2.45, 2.75) is 25.2 Å². The highest BCUT2D eigenvalue weighted by molar-refractivity contribution is 7.99. The molecule has 1 aliphatic heterocycles. The molecule has 3 rings (SSSR count). The molecule has 0 radical (unpaired) electrons. The van der Waals surface area contributed by atoms with E-state index in [0.717, 1.165) is 38.3 Å². The van der Waals surface area contributed by atoms with Gasteiger partial charge in [0, 0.05) is 25.4 Å². The first-order chi connectivity index (χ1) is 12.8. The minimum Gasteiger partial charge on any atom is -0.376 e. The van der Waals surface area contributed by atoms with Crippen LogP contribution >= 0.6 is 11.8 Å². The molecule has 0 atom stereocenters. The topological polar surface area (TPSA) is 29.5 Å². The maximum atomic E-state index is 12.4. The van der Waals surface area contributed by atoms with Gasteiger partial charge in [0.2, 0.25) is 5.91 Å². The summed E-state index contributed by atoms with van der Waals surface area (Å²) in [5, 5.41) is 0. The van der Waals surface area contributed by atoms with Gasteiger partial charge in [0.25, 0.3) is 0 Å². The van der Waals surface area contributed by atoms with Gasteiger partial charge in [0.15, 0.2) is 0 Å². The Morgan fingerprint density at radius 1 is 0.962 bits per heavy atom. The SMILES string of the molecule is O=C(CSCc1ccccc1)N1CCC(COCc2ccccc2)CC1. The number of likely N-dealkylation sites (tertiary alicyclic amines) is 1. The summed E-state index contributed by atoms with van der Waals surface area (Å²) < 4.78 is 5.86. The molecular formula is C22H27NO2S. The lowest BCUT2D eigenvalue weighted by Gasteiger charge is -2.32. The molecule has 1 aliphatic rings. The van der Waals surface area contributed by atoms with E-state index in [9.17, 15) is 4.79 Å². The number of benzene rings is 2. The molecule has 1 saturated heterocycles. The van der Waals surface area contributed by atoms with E-state index in [1.54, 1.807) is 11.8 Å². The number of carbonyl (C=O) groups is 1. The molecule has 0 bridgehead atoms. The molecule has 26 heavy (non-hydrogen) atoms. The van der Waals surface area contributed by atoms with Crippen LogP contribution in [0.1, 0.15) is 24.0 Å². The van der Waals surface area contributed by atoms with Crippen molar-refractivity contribution in [1.29, 1.82) is 0 Å². The van der Waals surface area contributed by atoms with Crippen LogP contribution in [0.3, 0.4) is 0 Å². The Morgan fingerprint density at radius 2 is 1.58 bits per heavy atom. The Bertz CT molecular complexity index is 654. The summed E-state index contributed by atoms with van der Waals surface area (Å²) in [5.74, 6) is 2.31. The molecule has 1 fully saturated rings. The molecular weight excluding hydrogens is 342 g/mol. The molecule has 0 N–H and O–H groups in total. The quantitative estimate of drug-likeness (QED) is 0.692. The summed E-state index contributed by atoms with van der Waals surface area (Å²) in [4.78, 5) is 14.4. The first-order valence-electron chi connectivity index (χ1n) is 9.32. The zero-order valence-corrected chi connectivity index (χ0v) is 16.0. The molecule has 3 nitrogen and oxygen atoms in total. The molecule has 1 heterocycles. The van der Waals surface area contributed by atoms with E-state index in [1.165, 1.54) is 11.1 Å². The monoisotopic (exact) mass is 369 g/mol. The number of thioether (sulfide) groups is 1. The standard InChI is InChI=1S/C22H27NO2S/c24-22(18-26-17-21-9-5-2-6-10-21)23-13-11-20(12-14-23)16-25-15-19-7-3-1-4-8-19/h1-10,20H,11-18H2. The number of hydrogen-bond donors (Lipinski definition) is 0. The van der Waals surface area contributed by atoms with Gasteiger partial charge in [-0.3, -0.25) is 4.79 Å². The van der Waals surface area contributed by atoms with Gasteiger partial charge in [-0.2, -0.15) is 0 Å². The molecule has 0 saturated carbocycles. The zero-order valence-electron chi connectivity index (χ0n) is 15.2. The van der Waals surface area contributed by atoms with Crippen LogP contribution in [0, 0.1) is 5.92 Å². The Morgan fingerprint density at radius 3 is 2.23 bits per heavy atom. The van der Waals surface area contributed by atoms with Crippen molar-refractivity contribution in [2.75, 3.05) is 25.4 Å². The van der Waals surface area contributed by atoms with Gasteiger partial charge < -0.3 is 9.64 Å². The number of rotatable bonds is 8. The molecule has 2 aromatic rings. The van der Waals surface area contributed by atoms with E-state index in [4.69, 9.17) is 4.74 Å². The smallest absolute Gasteiger partial charge is 0.232 e. The lowest BCUT2D eigenvalue weighted by molar-refractivity contribution is -0.130. The second-order valence-corrected chi connectivity index (χ2v) is 7.79. The number of hydrogen-bond acceptors (Lipinski definition) is 3. The summed E-state index contributed by atoms with van der Waals surface area (Å²) >= 11 is 1.70. The molecule has 0 aliphatic carbocycles. The number of amides is 1. The average molecular weight is 370 g/mol. The fourth-order valence-electron chi connectivity index (χ4n) is 3.19. The van der Waals surface area contributed by atoms with Gasteiger partial charge in [0.1, 0.15) is 0 Å². The van der Waals surface area contributed by atoms with Crippen molar-refractivity contribution in [3.63, 3.8) is 0 Å². The number of nitrogens with zero attached hydrogens (tertiary/aromatic N) is 1. The van der Waals surface area contributed by atoms with E-state index in [2.05, 4.69) is 24.3 Å². The molecule has 138 valence electrons. The van der Waals surface area contributed by atoms with Crippen LogP contribution in [0.2, 0.25) is 0 Å². The maximum Gasteiger partial charge on any atom is 0.232 e. The molecule has 1 amide bonds. The van der Waals surface area contributed by atoms with Gasteiger partial charge in [-0.15, -0.1) is 11.8 Å². The summed E-state index contributed by atoms with van der Waals surface area (Å²) in [6.45, 7) is 3.20. The highest BCUT2D eigenvalue weighted by Gasteiger charge is 2.22. The summed E-state index contributed by atoms with van der Waals surface area (Å²) in [7, 11) is 0. The van der Waals surface area contributed by atoms with Crippen molar-refractivity contribution < 1.29 is 9.53 Å². The Labute approximate surface area is 160 Å². The maximum absolute atomic E-state index is 12.4. The lowest BCUT2D eigenvalue weighted by Crippen LogP contribution is -2.40. The van der Waals surface area contributed by atoms with Gasteiger partial charge >= 0.3 is 0 Å². The third kappa shape index (κ3) is 6.19. The van der Waals surface area contributed by atoms with E-state index in [-0.39, 0.29) is 5.91 Å². The van der Waals surface area contributed by atoms with Crippen LogP contribution in [0.4, 0.5) is 0 Å². The van der Waals surface area contributed by atoms with Gasteiger partial charge in [-0.05, 0) is 29.9 Å². The highest BCUT2D eigenvalue weighted by atomic mass is 32.2. The fraction of sp³-hybridized carbons (Fsp3) is 0.409. The molecule has 0 aromatic heterocycles. The van der Waals surface area contributed by atoms with Crippen molar-refractivity contribution in [3.8, 4) is 0 Å². The van der Waals surface area contributed by atoms with Gasteiger partial charge in [-0.1, -0.05) is 60.7 Å². The van der Waals surface area contributed by atoms with Crippen LogP contribution in [0.5, 0.6) is 0 Å². The molecule has 0 unspecified atom stereocenters. The minimum absolute atomic E-state index is 0.273. The third-order valence-electron chi connectivity index (χ3n) is 4.77. The predicted molar refractivity (Wildman–Crippen MR) is 108 cm³/mol. The van der Waals surface area contributed by atoms with Crippen molar-refractivity contribution >= 4 is 17.7 Å². The summed E-state index contributed by atoms with van der Waals surface area (Å²) in [6, 6.07) is 20.6. The van der Waals surface area contributed by atoms with E-state index < -0.39 is 0 Å². The second kappa shape index (κ2) is 10.4. The first-order valence-corrected chi connectivity index (χ1v) is 10.5. The van der Waals surface area contributed by atoms with Crippen LogP contribution in [0.25, 0.3) is 0 Å². The highest BCUT2D eigenvalue weighted by Crippen LogP contribution is 2.20. The van der Waals surface area contributed by atoms with E-state index >= 15 is 0 Å². The molecule has 0 spiro atoms. The van der Waals surface area contributed by atoms with Crippen LogP contribution in [0.15, 0.2) is 60.7 Å². The van der Waals surface area contributed by atoms with E-state index in [0.29, 0.717) is 18.3 Å². The Balaban J connectivity index is 1.29. The number of ether oxygens (including phenoxy) is 1. The van der Waals surface area contributed by atoms with Crippen molar-refractivity contribution in [1.82, 2.24) is 4.90 Å². The molecule has 2 aromatic carbocycles. The minimum atomic E-state index is 0.273. The molecule has 4 heteroatoms. The summed E-state index contributed by atoms with van der Waals surface area (Å²) in [5.41, 5.74) is 2.50. The second-order valence-electron chi connectivity index (χ2n) is 6.80. The van der Waals surface area contributed by atoms with Crippen LogP contribution in [-0.4, -0.2) is 36.3 Å². The van der Waals surface area contributed by atoms with Gasteiger partial charge in [0.05, 0.1) is 12.4 Å². The fourth-order valence-corrected chi connectivity index (χ4v) is 4.08. The largest absolute Gasteiger partial charge is 0.376 e. The summed E-state index contributed by atoms with van der Waals surface area (Å²) in [6.07, 6.45) is 2.09. The normalized spacial score (nSPS) is 15.2. The third-order valence-corrected chi connectivity index (χ3v) is 5.76. The number of piperidine rings is 1.